The summed E-state index contributed by atoms with van der Waals surface area (Å²) in [7, 11) is 0. The monoisotopic (exact) mass is 721 g/mol. The third-order valence-electron chi connectivity index (χ3n) is 11.7. The fourth-order valence-corrected chi connectivity index (χ4v) is 12.3. The zero-order valence-corrected chi connectivity index (χ0v) is 30.2. The van der Waals surface area contributed by atoms with Crippen LogP contribution in [0.5, 0.6) is 0 Å². The fourth-order valence-electron chi connectivity index (χ4n) is 9.53. The number of fused-ring (bicyclic) bond motifs is 3. The van der Waals surface area contributed by atoms with Gasteiger partial charge < -0.3 is 0 Å². The van der Waals surface area contributed by atoms with Crippen molar-refractivity contribution in [1.29, 1.82) is 0 Å². The molecule has 0 spiro atoms. The maximum absolute atomic E-state index is 11.9. The normalized spacial score (nSPS) is 29.7. The van der Waals surface area contributed by atoms with Crippen LogP contribution in [0.1, 0.15) is 76.3 Å². The fraction of sp³-hybridized carbons (Fsp3) is 0.550. The van der Waals surface area contributed by atoms with Crippen LogP contribution in [0.15, 0.2) is 84.9 Å². The zero-order chi connectivity index (χ0) is 33.4. The molecule has 258 valence electrons. The van der Waals surface area contributed by atoms with Crippen molar-refractivity contribution in [2.45, 2.75) is 94.9 Å². The molecule has 3 aromatic carbocycles. The van der Waals surface area contributed by atoms with Crippen molar-refractivity contribution in [3.63, 3.8) is 0 Å². The topological polar surface area (TPSA) is 80.1 Å². The van der Waals surface area contributed by atoms with Crippen molar-refractivity contribution in [3.8, 4) is 0 Å². The first-order chi connectivity index (χ1) is 23.5. The summed E-state index contributed by atoms with van der Waals surface area (Å²) in [5.41, 5.74) is 1.96. The Balaban J connectivity index is 1.26. The molecule has 1 unspecified atom stereocenters. The van der Waals surface area contributed by atoms with Gasteiger partial charge in [-0.25, -0.2) is 0 Å². The summed E-state index contributed by atoms with van der Waals surface area (Å²) in [6, 6.07) is 27.9. The first kappa shape index (κ1) is 35.3. The SMILES string of the molecule is CC[C@]1(OCOCc2ccccc2)CCC[C@@H]2C(C[Se]c3ccccc3[N+](=O)[O-])[C@@H]3CCC[C@](CC)(OCOCc4ccccc4)[C@@H]3[C@H]21. The molecule has 0 saturated heterocycles. The quantitative estimate of drug-likeness (QED) is 0.0486. The molecule has 0 aliphatic heterocycles. The Labute approximate surface area is 292 Å². The minimum atomic E-state index is -0.297. The van der Waals surface area contributed by atoms with Gasteiger partial charge in [0.1, 0.15) is 0 Å². The molecule has 48 heavy (non-hydrogen) atoms. The van der Waals surface area contributed by atoms with Crippen molar-refractivity contribution in [2.24, 2.45) is 29.6 Å². The van der Waals surface area contributed by atoms with Crippen molar-refractivity contribution in [3.05, 3.63) is 106 Å². The first-order valence-electron chi connectivity index (χ1n) is 17.9. The Bertz CT molecular complexity index is 1380. The number of hydrogen-bond donors (Lipinski definition) is 0. The molecule has 7 atom stereocenters. The predicted molar refractivity (Wildman–Crippen MR) is 189 cm³/mol. The number of hydrogen-bond acceptors (Lipinski definition) is 6. The van der Waals surface area contributed by atoms with E-state index in [4.69, 9.17) is 18.9 Å². The van der Waals surface area contributed by atoms with E-state index in [0.29, 0.717) is 42.8 Å². The van der Waals surface area contributed by atoms with Crippen molar-refractivity contribution in [1.82, 2.24) is 0 Å². The zero-order valence-electron chi connectivity index (χ0n) is 28.5. The molecule has 3 aliphatic rings. The summed E-state index contributed by atoms with van der Waals surface area (Å²) >= 11 is 0.00567. The molecule has 3 aliphatic carbocycles. The van der Waals surface area contributed by atoms with Gasteiger partial charge in [-0.3, -0.25) is 0 Å². The van der Waals surface area contributed by atoms with Crippen LogP contribution >= 0.6 is 0 Å². The van der Waals surface area contributed by atoms with Crippen molar-refractivity contribution < 1.29 is 23.9 Å². The van der Waals surface area contributed by atoms with Gasteiger partial charge in [-0.1, -0.05) is 12.1 Å². The van der Waals surface area contributed by atoms with E-state index in [1.54, 1.807) is 12.1 Å². The molecule has 7 nitrogen and oxygen atoms in total. The van der Waals surface area contributed by atoms with E-state index in [9.17, 15) is 10.1 Å². The van der Waals surface area contributed by atoms with Crippen molar-refractivity contribution in [2.75, 3.05) is 13.6 Å². The van der Waals surface area contributed by atoms with Gasteiger partial charge in [-0.15, -0.1) is 0 Å². The number of benzene rings is 3. The molecular formula is C40H51NO6Se. The Morgan fingerprint density at radius 1 is 0.729 bits per heavy atom. The number of ether oxygens (including phenoxy) is 4. The number of nitro groups is 1. The van der Waals surface area contributed by atoms with E-state index in [-0.39, 0.29) is 50.4 Å². The Morgan fingerprint density at radius 2 is 1.21 bits per heavy atom. The average Bonchev–Trinajstić information content (AvgIpc) is 3.47. The number of nitrogens with zero attached hydrogens (tertiary/aromatic N) is 1. The summed E-state index contributed by atoms with van der Waals surface area (Å²) < 4.78 is 27.2. The molecule has 0 bridgehead atoms. The third-order valence-corrected chi connectivity index (χ3v) is 14.2. The van der Waals surface area contributed by atoms with Crippen molar-refractivity contribution >= 4 is 25.1 Å². The summed E-state index contributed by atoms with van der Waals surface area (Å²) in [4.78, 5) is 11.7. The van der Waals surface area contributed by atoms with Gasteiger partial charge in [0.25, 0.3) is 0 Å². The van der Waals surface area contributed by atoms with Gasteiger partial charge in [0.05, 0.1) is 0 Å². The third kappa shape index (κ3) is 7.60. The van der Waals surface area contributed by atoms with E-state index >= 15 is 0 Å². The van der Waals surface area contributed by atoms with E-state index < -0.39 is 0 Å². The summed E-state index contributed by atoms with van der Waals surface area (Å²) in [5, 5.41) is 12.9. The molecule has 0 radical (unpaired) electrons. The van der Waals surface area contributed by atoms with Crippen LogP contribution in [0.4, 0.5) is 5.69 Å². The Hall–Kier alpha value is -2.58. The van der Waals surface area contributed by atoms with Gasteiger partial charge in [0.2, 0.25) is 0 Å². The molecule has 0 N–H and O–H groups in total. The average molecular weight is 721 g/mol. The van der Waals surface area contributed by atoms with E-state index in [1.165, 1.54) is 12.8 Å². The second kappa shape index (κ2) is 16.4. The second-order valence-corrected chi connectivity index (χ2v) is 16.1. The van der Waals surface area contributed by atoms with Crippen LogP contribution in [0.25, 0.3) is 0 Å². The van der Waals surface area contributed by atoms with Gasteiger partial charge in [0, 0.05) is 0 Å². The van der Waals surface area contributed by atoms with Crippen LogP contribution in [-0.4, -0.2) is 44.7 Å². The maximum atomic E-state index is 11.9. The summed E-state index contributed by atoms with van der Waals surface area (Å²) in [6.07, 6.45) is 8.51. The van der Waals surface area contributed by atoms with Crippen LogP contribution in [0.2, 0.25) is 5.32 Å². The van der Waals surface area contributed by atoms with Gasteiger partial charge in [-0.05, 0) is 0 Å². The van der Waals surface area contributed by atoms with Crippen LogP contribution < -0.4 is 4.46 Å². The minimum absolute atomic E-state index is 0.00567. The number of nitro benzene ring substituents is 1. The molecule has 3 fully saturated rings. The molecular weight excluding hydrogens is 669 g/mol. The predicted octanol–water partition coefficient (Wildman–Crippen LogP) is 8.48. The van der Waals surface area contributed by atoms with E-state index in [2.05, 4.69) is 38.1 Å². The van der Waals surface area contributed by atoms with E-state index in [0.717, 1.165) is 59.4 Å². The Morgan fingerprint density at radius 3 is 1.69 bits per heavy atom. The molecule has 3 aromatic rings. The van der Waals surface area contributed by atoms with E-state index in [1.807, 2.05) is 48.5 Å². The standard InChI is InChI=1S/C40H51NO6Se/c1-3-39(46-28-44-25-30-15-7-5-8-16-30)23-13-19-32-34(27-48-36-22-12-11-21-35(36)41(42)43)33-20-14-24-40(4-2,38(33)37(32)39)47-29-45-26-31-17-9-6-10-18-31/h5-12,15-18,21-22,32-34,37-38H,3-4,13-14,19-20,23-29H2,1-2H3/t32-,33+,34?,37-,38-,39-,40-/m0/s1. The van der Waals surface area contributed by atoms with Gasteiger partial charge in [-0.2, -0.15) is 0 Å². The summed E-state index contributed by atoms with van der Waals surface area (Å²) in [6.45, 7) is 6.19. The molecule has 6 rings (SSSR count). The van der Waals surface area contributed by atoms with Crippen LogP contribution in [-0.2, 0) is 32.2 Å². The molecule has 0 heterocycles. The van der Waals surface area contributed by atoms with Gasteiger partial charge in [0.15, 0.2) is 0 Å². The number of para-hydroxylation sites is 1. The molecule has 0 amide bonds. The first-order valence-corrected chi connectivity index (χ1v) is 19.9. The second-order valence-electron chi connectivity index (χ2n) is 13.9. The molecule has 3 saturated carbocycles. The number of rotatable bonds is 16. The molecule has 8 heteroatoms. The Kier molecular flexibility index (Phi) is 12.1. The van der Waals surface area contributed by atoms with Crippen LogP contribution in [0.3, 0.4) is 0 Å². The summed E-state index contributed by atoms with van der Waals surface area (Å²) in [5.74, 6) is 2.14. The van der Waals surface area contributed by atoms with Gasteiger partial charge >= 0.3 is 281 Å². The molecule has 0 aromatic heterocycles. The van der Waals surface area contributed by atoms with Crippen LogP contribution in [0, 0.1) is 39.7 Å².